The molecule has 0 radical (unpaired) electrons. The van der Waals surface area contributed by atoms with Crippen LogP contribution in [0.25, 0.3) is 0 Å². The van der Waals surface area contributed by atoms with Crippen LogP contribution in [0.4, 0.5) is 17.2 Å². The van der Waals surface area contributed by atoms with E-state index < -0.39 is 0 Å². The van der Waals surface area contributed by atoms with Gasteiger partial charge in [-0.2, -0.15) is 0 Å². The zero-order chi connectivity index (χ0) is 17.9. The largest absolute Gasteiger partial charge is 0.357 e. The van der Waals surface area contributed by atoms with Crippen molar-refractivity contribution in [2.45, 2.75) is 25.7 Å². The van der Waals surface area contributed by atoms with Gasteiger partial charge in [-0.3, -0.25) is 9.59 Å². The van der Waals surface area contributed by atoms with Crippen molar-refractivity contribution in [3.8, 4) is 0 Å². The molecule has 6 nitrogen and oxygen atoms in total. The van der Waals surface area contributed by atoms with E-state index in [0.717, 1.165) is 37.6 Å². The minimum Gasteiger partial charge on any atom is -0.357 e. The van der Waals surface area contributed by atoms with Crippen LogP contribution in [0.1, 0.15) is 36.0 Å². The Morgan fingerprint density at radius 1 is 0.962 bits per heavy atom. The number of pyridine rings is 1. The van der Waals surface area contributed by atoms with Crippen LogP contribution >= 0.6 is 0 Å². The number of nitrogens with one attached hydrogen (secondary N) is 1. The van der Waals surface area contributed by atoms with Gasteiger partial charge >= 0.3 is 0 Å². The Morgan fingerprint density at radius 3 is 2.35 bits per heavy atom. The molecule has 0 unspecified atom stereocenters. The zero-order valence-corrected chi connectivity index (χ0v) is 14.6. The van der Waals surface area contributed by atoms with Crippen molar-refractivity contribution in [2.24, 2.45) is 0 Å². The standard InChI is InChI=1S/C20H22N4O2/c25-19-4-3-13-24(19)17-8-5-15(6-9-17)20(26)22-16-7-10-18(21-14-16)23-11-1-2-12-23/h5-10,14H,1-4,11-13H2,(H,22,26). The average Bonchev–Trinajstić information content (AvgIpc) is 3.34. The number of benzene rings is 1. The first kappa shape index (κ1) is 16.6. The fourth-order valence-corrected chi connectivity index (χ4v) is 3.51. The van der Waals surface area contributed by atoms with Crippen LogP contribution in [0.15, 0.2) is 42.6 Å². The smallest absolute Gasteiger partial charge is 0.255 e. The number of carbonyl (C=O) groups is 2. The van der Waals surface area contributed by atoms with Gasteiger partial charge in [-0.25, -0.2) is 4.98 Å². The van der Waals surface area contributed by atoms with Gasteiger partial charge in [-0.15, -0.1) is 0 Å². The van der Waals surface area contributed by atoms with Gasteiger partial charge in [0.05, 0.1) is 11.9 Å². The maximum absolute atomic E-state index is 12.4. The monoisotopic (exact) mass is 350 g/mol. The molecule has 4 rings (SSSR count). The number of hydrogen-bond acceptors (Lipinski definition) is 4. The molecule has 2 aliphatic heterocycles. The zero-order valence-electron chi connectivity index (χ0n) is 14.6. The van der Waals surface area contributed by atoms with Crippen LogP contribution < -0.4 is 15.1 Å². The highest BCUT2D eigenvalue weighted by atomic mass is 16.2. The molecule has 2 aliphatic rings. The van der Waals surface area contributed by atoms with Gasteiger partial charge in [0.25, 0.3) is 5.91 Å². The summed E-state index contributed by atoms with van der Waals surface area (Å²) in [7, 11) is 0. The number of carbonyl (C=O) groups excluding carboxylic acids is 2. The van der Waals surface area contributed by atoms with Crippen LogP contribution in [0.2, 0.25) is 0 Å². The lowest BCUT2D eigenvalue weighted by atomic mass is 10.2. The van der Waals surface area contributed by atoms with Crippen molar-refractivity contribution in [1.29, 1.82) is 0 Å². The van der Waals surface area contributed by atoms with Crippen LogP contribution in [-0.4, -0.2) is 36.4 Å². The molecule has 2 fully saturated rings. The van der Waals surface area contributed by atoms with E-state index in [-0.39, 0.29) is 11.8 Å². The van der Waals surface area contributed by atoms with Gasteiger partial charge in [0.2, 0.25) is 5.91 Å². The van der Waals surface area contributed by atoms with E-state index in [1.165, 1.54) is 12.8 Å². The Morgan fingerprint density at radius 2 is 1.73 bits per heavy atom. The summed E-state index contributed by atoms with van der Waals surface area (Å²) in [6.07, 6.45) is 5.60. The quantitative estimate of drug-likeness (QED) is 0.920. The normalized spacial score (nSPS) is 17.0. The minimum absolute atomic E-state index is 0.145. The second-order valence-electron chi connectivity index (χ2n) is 6.75. The summed E-state index contributed by atoms with van der Waals surface area (Å²) in [6, 6.07) is 11.0. The van der Waals surface area contributed by atoms with E-state index in [0.29, 0.717) is 17.7 Å². The third-order valence-electron chi connectivity index (χ3n) is 4.95. The molecular formula is C20H22N4O2. The lowest BCUT2D eigenvalue weighted by Gasteiger charge is -2.17. The summed E-state index contributed by atoms with van der Waals surface area (Å²) in [5.41, 5.74) is 2.08. The fraction of sp³-hybridized carbons (Fsp3) is 0.350. The van der Waals surface area contributed by atoms with Crippen LogP contribution in [0.5, 0.6) is 0 Å². The number of amides is 2. The first-order valence-electron chi connectivity index (χ1n) is 9.13. The summed E-state index contributed by atoms with van der Waals surface area (Å²) in [6.45, 7) is 2.84. The van der Waals surface area contributed by atoms with Crippen LogP contribution in [0, 0.1) is 0 Å². The van der Waals surface area contributed by atoms with Gasteiger partial charge in [0, 0.05) is 37.3 Å². The maximum Gasteiger partial charge on any atom is 0.255 e. The minimum atomic E-state index is -0.181. The average molecular weight is 350 g/mol. The molecule has 2 saturated heterocycles. The van der Waals surface area contributed by atoms with E-state index in [2.05, 4.69) is 15.2 Å². The van der Waals surface area contributed by atoms with Gasteiger partial charge in [-0.1, -0.05) is 0 Å². The van der Waals surface area contributed by atoms with Crippen molar-refractivity contribution >= 4 is 29.0 Å². The molecule has 0 bridgehead atoms. The van der Waals surface area contributed by atoms with E-state index in [1.807, 2.05) is 24.3 Å². The molecule has 2 amide bonds. The number of hydrogen-bond donors (Lipinski definition) is 1. The Kier molecular flexibility index (Phi) is 4.56. The molecule has 3 heterocycles. The van der Waals surface area contributed by atoms with Gasteiger partial charge in [0.1, 0.15) is 5.82 Å². The fourth-order valence-electron chi connectivity index (χ4n) is 3.51. The summed E-state index contributed by atoms with van der Waals surface area (Å²) in [4.78, 5) is 32.7. The van der Waals surface area contributed by atoms with E-state index in [4.69, 9.17) is 0 Å². The van der Waals surface area contributed by atoms with Crippen LogP contribution in [-0.2, 0) is 4.79 Å². The lowest BCUT2D eigenvalue weighted by molar-refractivity contribution is -0.117. The molecule has 0 saturated carbocycles. The number of aromatic nitrogens is 1. The van der Waals surface area contributed by atoms with E-state index in [1.54, 1.807) is 23.2 Å². The molecular weight excluding hydrogens is 328 g/mol. The molecule has 26 heavy (non-hydrogen) atoms. The van der Waals surface area contributed by atoms with Crippen molar-refractivity contribution in [3.63, 3.8) is 0 Å². The molecule has 1 aromatic heterocycles. The summed E-state index contributed by atoms with van der Waals surface area (Å²) in [5, 5.41) is 2.87. The Hall–Kier alpha value is -2.89. The topological polar surface area (TPSA) is 65.5 Å². The highest BCUT2D eigenvalue weighted by molar-refractivity contribution is 6.04. The third kappa shape index (κ3) is 3.40. The first-order chi connectivity index (χ1) is 12.7. The number of rotatable bonds is 4. The molecule has 0 spiro atoms. The molecule has 2 aromatic rings. The first-order valence-corrected chi connectivity index (χ1v) is 9.13. The highest BCUT2D eigenvalue weighted by Gasteiger charge is 2.21. The van der Waals surface area contributed by atoms with Crippen molar-refractivity contribution in [1.82, 2.24) is 4.98 Å². The molecule has 6 heteroatoms. The van der Waals surface area contributed by atoms with Gasteiger partial charge in [-0.05, 0) is 55.7 Å². The summed E-state index contributed by atoms with van der Waals surface area (Å²) < 4.78 is 0. The van der Waals surface area contributed by atoms with Crippen molar-refractivity contribution in [2.75, 3.05) is 34.8 Å². The molecule has 0 aliphatic carbocycles. The maximum atomic E-state index is 12.4. The van der Waals surface area contributed by atoms with Crippen molar-refractivity contribution < 1.29 is 9.59 Å². The SMILES string of the molecule is O=C(Nc1ccc(N2CCCC2)nc1)c1ccc(N2CCCC2=O)cc1. The molecule has 134 valence electrons. The van der Waals surface area contributed by atoms with Gasteiger partial charge < -0.3 is 15.1 Å². The summed E-state index contributed by atoms with van der Waals surface area (Å²) >= 11 is 0. The second-order valence-corrected chi connectivity index (χ2v) is 6.75. The third-order valence-corrected chi connectivity index (χ3v) is 4.95. The highest BCUT2D eigenvalue weighted by Crippen LogP contribution is 2.22. The lowest BCUT2D eigenvalue weighted by Crippen LogP contribution is -2.23. The Balaban J connectivity index is 1.40. The van der Waals surface area contributed by atoms with Crippen molar-refractivity contribution in [3.05, 3.63) is 48.2 Å². The second kappa shape index (κ2) is 7.15. The predicted molar refractivity (Wildman–Crippen MR) is 102 cm³/mol. The van der Waals surface area contributed by atoms with Gasteiger partial charge in [0.15, 0.2) is 0 Å². The predicted octanol–water partition coefficient (Wildman–Crippen LogP) is 3.06. The molecule has 1 aromatic carbocycles. The number of nitrogens with zero attached hydrogens (tertiary/aromatic N) is 3. The molecule has 0 atom stereocenters. The van der Waals surface area contributed by atoms with E-state index in [9.17, 15) is 9.59 Å². The Bertz CT molecular complexity index is 796. The number of anilines is 3. The Labute approximate surface area is 152 Å². The van der Waals surface area contributed by atoms with E-state index >= 15 is 0 Å². The molecule has 1 N–H and O–H groups in total. The van der Waals surface area contributed by atoms with Crippen LogP contribution in [0.3, 0.4) is 0 Å². The summed E-state index contributed by atoms with van der Waals surface area (Å²) in [5.74, 6) is 0.923.